The van der Waals surface area contributed by atoms with Crippen LogP contribution in [-0.4, -0.2) is 63.9 Å². The van der Waals surface area contributed by atoms with Gasteiger partial charge in [0.05, 0.1) is 18.2 Å². The zero-order valence-corrected chi connectivity index (χ0v) is 17.6. The Bertz CT molecular complexity index is 711. The number of hydrogen-bond donors (Lipinski definition) is 1. The highest BCUT2D eigenvalue weighted by Crippen LogP contribution is 2.22. The minimum Gasteiger partial charge on any atom is -0.491 e. The van der Waals surface area contributed by atoms with E-state index < -0.39 is 0 Å². The van der Waals surface area contributed by atoms with Crippen LogP contribution >= 0.6 is 11.3 Å². The Balaban J connectivity index is 1.54. The summed E-state index contributed by atoms with van der Waals surface area (Å²) in [6, 6.07) is 12.4. The third-order valence-corrected chi connectivity index (χ3v) is 5.55. The summed E-state index contributed by atoms with van der Waals surface area (Å²) in [5, 5.41) is 6.94. The zero-order valence-electron chi connectivity index (χ0n) is 16.8. The summed E-state index contributed by atoms with van der Waals surface area (Å²) in [5.41, 5.74) is 1.17. The first-order chi connectivity index (χ1) is 13.8. The topological polar surface area (TPSA) is 49.3 Å². The maximum absolute atomic E-state index is 5.62. The van der Waals surface area contributed by atoms with Gasteiger partial charge in [0.15, 0.2) is 5.96 Å². The predicted octanol–water partition coefficient (Wildman–Crippen LogP) is 3.06. The molecule has 1 saturated heterocycles. The second kappa shape index (κ2) is 10.9. The van der Waals surface area contributed by atoms with E-state index in [1.54, 1.807) is 7.11 Å². The Labute approximate surface area is 171 Å². The van der Waals surface area contributed by atoms with Crippen molar-refractivity contribution in [3.63, 3.8) is 0 Å². The van der Waals surface area contributed by atoms with Crippen molar-refractivity contribution in [1.82, 2.24) is 10.2 Å². The van der Waals surface area contributed by atoms with E-state index in [1.165, 1.54) is 10.6 Å². The SMILES string of the molecule is CCNC(=NCc1ccc(OCCOC)cc1)N1CCN(c2cccs2)CC1. The van der Waals surface area contributed by atoms with Crippen molar-refractivity contribution < 1.29 is 9.47 Å². The molecule has 1 aliphatic rings. The van der Waals surface area contributed by atoms with Crippen LogP contribution in [0.4, 0.5) is 5.00 Å². The van der Waals surface area contributed by atoms with Gasteiger partial charge in [-0.25, -0.2) is 4.99 Å². The molecular formula is C21H30N4O2S. The predicted molar refractivity (Wildman–Crippen MR) is 117 cm³/mol. The van der Waals surface area contributed by atoms with Crippen molar-refractivity contribution in [3.8, 4) is 5.75 Å². The van der Waals surface area contributed by atoms with Crippen LogP contribution in [0.3, 0.4) is 0 Å². The summed E-state index contributed by atoms with van der Waals surface area (Å²) in [6.07, 6.45) is 0. The molecule has 2 aromatic rings. The molecule has 0 amide bonds. The van der Waals surface area contributed by atoms with Crippen molar-refractivity contribution >= 4 is 22.3 Å². The largest absolute Gasteiger partial charge is 0.491 e. The zero-order chi connectivity index (χ0) is 19.6. The molecule has 0 unspecified atom stereocenters. The molecule has 1 aliphatic heterocycles. The molecule has 0 saturated carbocycles. The van der Waals surface area contributed by atoms with E-state index >= 15 is 0 Å². The van der Waals surface area contributed by atoms with E-state index in [2.05, 4.69) is 51.7 Å². The first-order valence-electron chi connectivity index (χ1n) is 9.82. The van der Waals surface area contributed by atoms with Crippen LogP contribution < -0.4 is 15.0 Å². The number of aliphatic imine (C=N–C) groups is 1. The van der Waals surface area contributed by atoms with Crippen molar-refractivity contribution in [2.45, 2.75) is 13.5 Å². The van der Waals surface area contributed by atoms with Gasteiger partial charge in [-0.1, -0.05) is 12.1 Å². The molecule has 1 N–H and O–H groups in total. The van der Waals surface area contributed by atoms with E-state index in [0.717, 1.165) is 44.4 Å². The number of guanidine groups is 1. The minimum absolute atomic E-state index is 0.565. The van der Waals surface area contributed by atoms with Crippen LogP contribution in [0.25, 0.3) is 0 Å². The molecule has 0 atom stereocenters. The number of thiophene rings is 1. The lowest BCUT2D eigenvalue weighted by Gasteiger charge is -2.37. The van der Waals surface area contributed by atoms with Crippen LogP contribution in [0.15, 0.2) is 46.8 Å². The van der Waals surface area contributed by atoms with E-state index in [0.29, 0.717) is 19.8 Å². The first-order valence-corrected chi connectivity index (χ1v) is 10.7. The molecule has 0 aliphatic carbocycles. The molecule has 28 heavy (non-hydrogen) atoms. The average molecular weight is 403 g/mol. The lowest BCUT2D eigenvalue weighted by atomic mass is 10.2. The van der Waals surface area contributed by atoms with Crippen molar-refractivity contribution in [2.24, 2.45) is 4.99 Å². The molecule has 6 nitrogen and oxygen atoms in total. The Hall–Kier alpha value is -2.25. The Kier molecular flexibility index (Phi) is 7.99. The number of hydrogen-bond acceptors (Lipinski definition) is 5. The van der Waals surface area contributed by atoms with Crippen LogP contribution in [0.1, 0.15) is 12.5 Å². The summed E-state index contributed by atoms with van der Waals surface area (Å²) in [4.78, 5) is 9.66. The van der Waals surface area contributed by atoms with Gasteiger partial charge in [0.2, 0.25) is 0 Å². The molecule has 3 rings (SSSR count). The van der Waals surface area contributed by atoms with Gasteiger partial charge >= 0.3 is 0 Å². The summed E-state index contributed by atoms with van der Waals surface area (Å²) < 4.78 is 10.6. The molecule has 7 heteroatoms. The number of nitrogens with one attached hydrogen (secondary N) is 1. The van der Waals surface area contributed by atoms with Gasteiger partial charge in [-0.3, -0.25) is 0 Å². The summed E-state index contributed by atoms with van der Waals surface area (Å²) >= 11 is 1.81. The Morgan fingerprint density at radius 3 is 2.54 bits per heavy atom. The summed E-state index contributed by atoms with van der Waals surface area (Å²) in [7, 11) is 1.68. The van der Waals surface area contributed by atoms with Gasteiger partial charge in [0.25, 0.3) is 0 Å². The van der Waals surface area contributed by atoms with Gasteiger partial charge in [-0.15, -0.1) is 11.3 Å². The van der Waals surface area contributed by atoms with E-state index in [1.807, 2.05) is 23.5 Å². The van der Waals surface area contributed by atoms with Gasteiger partial charge in [0, 0.05) is 39.8 Å². The highest BCUT2D eigenvalue weighted by Gasteiger charge is 2.20. The average Bonchev–Trinajstić information content (AvgIpc) is 3.27. The van der Waals surface area contributed by atoms with Crippen molar-refractivity contribution in [3.05, 3.63) is 47.3 Å². The van der Waals surface area contributed by atoms with Crippen LogP contribution in [0.5, 0.6) is 5.75 Å². The fourth-order valence-electron chi connectivity index (χ4n) is 3.11. The Morgan fingerprint density at radius 1 is 1.11 bits per heavy atom. The monoisotopic (exact) mass is 402 g/mol. The Morgan fingerprint density at radius 2 is 1.89 bits per heavy atom. The molecule has 1 aromatic carbocycles. The normalized spacial score (nSPS) is 15.0. The third-order valence-electron chi connectivity index (χ3n) is 4.62. The standard InChI is InChI=1S/C21H30N4O2S/c1-3-22-21(25-12-10-24(11-13-25)20-5-4-16-28-20)23-17-18-6-8-19(9-7-18)27-15-14-26-2/h4-9,16H,3,10-15,17H2,1-2H3,(H,22,23). The third kappa shape index (κ3) is 5.87. The van der Waals surface area contributed by atoms with E-state index in [-0.39, 0.29) is 0 Å². The van der Waals surface area contributed by atoms with Gasteiger partial charge in [0.1, 0.15) is 12.4 Å². The summed E-state index contributed by atoms with van der Waals surface area (Å²) in [5.74, 6) is 1.86. The van der Waals surface area contributed by atoms with Gasteiger partial charge < -0.3 is 24.6 Å². The molecule has 0 spiro atoms. The minimum atomic E-state index is 0.565. The fraction of sp³-hybridized carbons (Fsp3) is 0.476. The fourth-order valence-corrected chi connectivity index (χ4v) is 3.90. The lowest BCUT2D eigenvalue weighted by Crippen LogP contribution is -2.52. The molecule has 2 heterocycles. The maximum Gasteiger partial charge on any atom is 0.194 e. The number of rotatable bonds is 8. The smallest absolute Gasteiger partial charge is 0.194 e. The van der Waals surface area contributed by atoms with Gasteiger partial charge in [-0.2, -0.15) is 0 Å². The quantitative estimate of drug-likeness (QED) is 0.418. The molecule has 1 fully saturated rings. The number of nitrogens with zero attached hydrogens (tertiary/aromatic N) is 3. The number of methoxy groups -OCH3 is 1. The molecule has 0 radical (unpaired) electrons. The highest BCUT2D eigenvalue weighted by atomic mass is 32.1. The number of ether oxygens (including phenoxy) is 2. The molecule has 1 aromatic heterocycles. The maximum atomic E-state index is 5.62. The van der Waals surface area contributed by atoms with Crippen LogP contribution in [0, 0.1) is 0 Å². The van der Waals surface area contributed by atoms with E-state index in [9.17, 15) is 0 Å². The van der Waals surface area contributed by atoms with Crippen LogP contribution in [-0.2, 0) is 11.3 Å². The molecule has 152 valence electrons. The van der Waals surface area contributed by atoms with Crippen molar-refractivity contribution in [1.29, 1.82) is 0 Å². The second-order valence-corrected chi connectivity index (χ2v) is 7.51. The van der Waals surface area contributed by atoms with Crippen molar-refractivity contribution in [2.75, 3.05) is 57.9 Å². The number of piperazine rings is 1. The first kappa shape index (κ1) is 20.5. The second-order valence-electron chi connectivity index (χ2n) is 6.58. The molecular weight excluding hydrogens is 372 g/mol. The lowest BCUT2D eigenvalue weighted by molar-refractivity contribution is 0.146. The van der Waals surface area contributed by atoms with E-state index in [4.69, 9.17) is 14.5 Å². The van der Waals surface area contributed by atoms with Crippen LogP contribution in [0.2, 0.25) is 0 Å². The molecule has 0 bridgehead atoms. The number of anilines is 1. The highest BCUT2D eigenvalue weighted by molar-refractivity contribution is 7.14. The number of benzene rings is 1. The summed E-state index contributed by atoms with van der Waals surface area (Å²) in [6.45, 7) is 8.82. The van der Waals surface area contributed by atoms with Gasteiger partial charge in [-0.05, 0) is 42.1 Å².